The largest absolute Gasteiger partial charge is 0.348 e. The van der Waals surface area contributed by atoms with E-state index in [0.29, 0.717) is 18.0 Å². The van der Waals surface area contributed by atoms with Crippen molar-refractivity contribution in [1.82, 2.24) is 15.5 Å². The third kappa shape index (κ3) is 4.04. The molecule has 8 heteroatoms. The summed E-state index contributed by atoms with van der Waals surface area (Å²) in [6.07, 6.45) is 2.21. The lowest BCUT2D eigenvalue weighted by atomic mass is 10.1. The van der Waals surface area contributed by atoms with Gasteiger partial charge in [-0.3, -0.25) is 14.5 Å². The Bertz CT molecular complexity index is 632. The van der Waals surface area contributed by atoms with Crippen LogP contribution in [-0.2, 0) is 11.3 Å². The summed E-state index contributed by atoms with van der Waals surface area (Å²) in [6, 6.07) is 6.56. The first-order valence-electron chi connectivity index (χ1n) is 7.76. The van der Waals surface area contributed by atoms with Crippen molar-refractivity contribution < 1.29 is 14.4 Å². The number of carbonyl (C=O) groups is 3. The molecule has 1 aromatic carbocycles. The van der Waals surface area contributed by atoms with E-state index in [0.717, 1.165) is 23.3 Å². The van der Waals surface area contributed by atoms with Gasteiger partial charge in [-0.25, -0.2) is 4.79 Å². The molecule has 2 fully saturated rings. The van der Waals surface area contributed by atoms with E-state index in [-0.39, 0.29) is 43.4 Å². The van der Waals surface area contributed by atoms with Crippen molar-refractivity contribution in [2.45, 2.75) is 25.4 Å². The highest BCUT2D eigenvalue weighted by Crippen LogP contribution is 2.32. The van der Waals surface area contributed by atoms with Gasteiger partial charge in [-0.2, -0.15) is 0 Å². The number of nitrogens with zero attached hydrogens (tertiary/aromatic N) is 1. The molecule has 0 aromatic heterocycles. The molecule has 1 aromatic rings. The Morgan fingerprint density at radius 2 is 2.12 bits per heavy atom. The molecule has 24 heavy (non-hydrogen) atoms. The summed E-state index contributed by atoms with van der Waals surface area (Å²) in [7, 11) is 0. The van der Waals surface area contributed by atoms with E-state index in [2.05, 4.69) is 10.6 Å². The van der Waals surface area contributed by atoms with E-state index in [1.807, 2.05) is 0 Å². The molecule has 1 aliphatic heterocycles. The molecule has 7 nitrogen and oxygen atoms in total. The van der Waals surface area contributed by atoms with E-state index in [1.165, 1.54) is 0 Å². The number of carbonyl (C=O) groups excluding carboxylic acids is 3. The Labute approximate surface area is 146 Å². The number of rotatable bonds is 6. The van der Waals surface area contributed by atoms with Crippen LogP contribution in [0.5, 0.6) is 0 Å². The maximum Gasteiger partial charge on any atom is 0.324 e. The lowest BCUT2D eigenvalue weighted by Crippen LogP contribution is -2.41. The number of hydrogen-bond acceptors (Lipinski definition) is 4. The Hall–Kier alpha value is -2.12. The third-order valence-corrected chi connectivity index (χ3v) is 4.23. The van der Waals surface area contributed by atoms with Crippen molar-refractivity contribution in [3.63, 3.8) is 0 Å². The van der Waals surface area contributed by atoms with Crippen LogP contribution < -0.4 is 16.4 Å². The average Bonchev–Trinajstić information content (AvgIpc) is 3.35. The molecule has 130 valence electrons. The summed E-state index contributed by atoms with van der Waals surface area (Å²) < 4.78 is 0. The highest BCUT2D eigenvalue weighted by molar-refractivity contribution is 6.02. The van der Waals surface area contributed by atoms with Crippen molar-refractivity contribution in [3.8, 4) is 0 Å². The Kier molecular flexibility index (Phi) is 5.80. The topological polar surface area (TPSA) is 105 Å². The molecule has 2 aliphatic rings. The lowest BCUT2D eigenvalue weighted by Gasteiger charge is -2.17. The first-order valence-corrected chi connectivity index (χ1v) is 7.76. The fourth-order valence-electron chi connectivity index (χ4n) is 2.73. The van der Waals surface area contributed by atoms with E-state index in [1.54, 1.807) is 24.3 Å². The summed E-state index contributed by atoms with van der Waals surface area (Å²) in [5.41, 5.74) is 6.95. The molecular formula is C16H21ClN4O3. The summed E-state index contributed by atoms with van der Waals surface area (Å²) >= 11 is 0. The number of nitrogens with one attached hydrogen (secondary N) is 2. The maximum atomic E-state index is 12.3. The number of amides is 4. The second-order valence-electron chi connectivity index (χ2n) is 5.99. The number of imide groups is 1. The van der Waals surface area contributed by atoms with Crippen LogP contribution in [-0.4, -0.2) is 41.9 Å². The second-order valence-corrected chi connectivity index (χ2v) is 5.99. The van der Waals surface area contributed by atoms with E-state index in [4.69, 9.17) is 5.73 Å². The van der Waals surface area contributed by atoms with E-state index >= 15 is 0 Å². The van der Waals surface area contributed by atoms with Gasteiger partial charge in [0.2, 0.25) is 5.91 Å². The average molecular weight is 353 g/mol. The molecule has 1 aliphatic carbocycles. The molecule has 1 saturated carbocycles. The second kappa shape index (κ2) is 7.63. The van der Waals surface area contributed by atoms with Crippen molar-refractivity contribution in [1.29, 1.82) is 0 Å². The van der Waals surface area contributed by atoms with Crippen LogP contribution in [0.25, 0.3) is 0 Å². The zero-order chi connectivity index (χ0) is 16.4. The van der Waals surface area contributed by atoms with Gasteiger partial charge >= 0.3 is 6.03 Å². The molecule has 1 atom stereocenters. The van der Waals surface area contributed by atoms with Crippen LogP contribution in [0.1, 0.15) is 28.8 Å². The van der Waals surface area contributed by atoms with Crippen LogP contribution in [0.2, 0.25) is 0 Å². The van der Waals surface area contributed by atoms with Gasteiger partial charge in [-0.15, -0.1) is 12.4 Å². The van der Waals surface area contributed by atoms with Gasteiger partial charge in [0.1, 0.15) is 0 Å². The van der Waals surface area contributed by atoms with Gasteiger partial charge in [0.15, 0.2) is 0 Å². The monoisotopic (exact) mass is 352 g/mol. The number of hydrogen-bond donors (Lipinski definition) is 3. The van der Waals surface area contributed by atoms with Crippen molar-refractivity contribution in [2.75, 3.05) is 13.1 Å². The molecule has 1 saturated heterocycles. The summed E-state index contributed by atoms with van der Waals surface area (Å²) in [5, 5.41) is 5.43. The minimum Gasteiger partial charge on any atom is -0.348 e. The van der Waals surface area contributed by atoms with Crippen LogP contribution in [0.3, 0.4) is 0 Å². The number of benzene rings is 1. The molecule has 4 N–H and O–H groups in total. The minimum atomic E-state index is -0.401. The lowest BCUT2D eigenvalue weighted by molar-refractivity contribution is -0.125. The highest BCUT2D eigenvalue weighted by Gasteiger charge is 2.31. The molecule has 1 unspecified atom stereocenters. The first kappa shape index (κ1) is 18.2. The van der Waals surface area contributed by atoms with Gasteiger partial charge in [0.05, 0.1) is 13.1 Å². The Morgan fingerprint density at radius 1 is 1.38 bits per heavy atom. The smallest absolute Gasteiger partial charge is 0.324 e. The fourth-order valence-corrected chi connectivity index (χ4v) is 2.73. The summed E-state index contributed by atoms with van der Waals surface area (Å²) in [4.78, 5) is 36.7. The van der Waals surface area contributed by atoms with Crippen molar-refractivity contribution >= 4 is 30.3 Å². The fraction of sp³-hybridized carbons (Fsp3) is 0.438. The van der Waals surface area contributed by atoms with Crippen LogP contribution in [0, 0.1) is 5.92 Å². The third-order valence-electron chi connectivity index (χ3n) is 4.23. The zero-order valence-corrected chi connectivity index (χ0v) is 14.0. The quantitative estimate of drug-likeness (QED) is 0.653. The SMILES string of the molecule is Cl.NCC(NC(=O)c1cccc(CN2C(=O)CNC2=O)c1)C1CC1. The Balaban J connectivity index is 0.00000208. The summed E-state index contributed by atoms with van der Waals surface area (Å²) in [6.45, 7) is 0.617. The van der Waals surface area contributed by atoms with Gasteiger partial charge in [0.25, 0.3) is 5.91 Å². The number of nitrogens with two attached hydrogens (primary N) is 1. The standard InChI is InChI=1S/C16H20N4O3.ClH/c17-7-13(11-4-5-11)19-15(22)12-3-1-2-10(6-12)9-20-14(21)8-18-16(20)23;/h1-3,6,11,13H,4-5,7-9,17H2,(H,18,23)(H,19,22);1H. The molecule has 1 heterocycles. The number of urea groups is 1. The van der Waals surface area contributed by atoms with Crippen LogP contribution >= 0.6 is 12.4 Å². The van der Waals surface area contributed by atoms with E-state index < -0.39 is 6.03 Å². The Morgan fingerprint density at radius 3 is 2.71 bits per heavy atom. The molecule has 0 bridgehead atoms. The van der Waals surface area contributed by atoms with Crippen LogP contribution in [0.4, 0.5) is 4.79 Å². The van der Waals surface area contributed by atoms with Crippen molar-refractivity contribution in [3.05, 3.63) is 35.4 Å². The van der Waals surface area contributed by atoms with Gasteiger partial charge in [-0.1, -0.05) is 12.1 Å². The molecular weight excluding hydrogens is 332 g/mol. The molecule has 3 rings (SSSR count). The number of halogens is 1. The van der Waals surface area contributed by atoms with Gasteiger partial charge in [0, 0.05) is 18.2 Å². The van der Waals surface area contributed by atoms with E-state index in [9.17, 15) is 14.4 Å². The van der Waals surface area contributed by atoms with Gasteiger partial charge < -0.3 is 16.4 Å². The normalized spacial score (nSPS) is 18.0. The zero-order valence-electron chi connectivity index (χ0n) is 13.2. The minimum absolute atomic E-state index is 0. The molecule has 4 amide bonds. The van der Waals surface area contributed by atoms with Crippen molar-refractivity contribution in [2.24, 2.45) is 11.7 Å². The summed E-state index contributed by atoms with van der Waals surface area (Å²) in [5.74, 6) is 0.0474. The van der Waals surface area contributed by atoms with Crippen LogP contribution in [0.15, 0.2) is 24.3 Å². The maximum absolute atomic E-state index is 12.3. The molecule has 0 spiro atoms. The first-order chi connectivity index (χ1) is 11.1. The molecule has 0 radical (unpaired) electrons. The predicted molar refractivity (Wildman–Crippen MR) is 90.7 cm³/mol. The highest BCUT2D eigenvalue weighted by atomic mass is 35.5. The predicted octanol–water partition coefficient (Wildman–Crippen LogP) is 0.627. The van der Waals surface area contributed by atoms with Gasteiger partial charge in [-0.05, 0) is 36.5 Å².